The number of nitrogens with zero attached hydrogens (tertiary/aromatic N) is 5. The van der Waals surface area contributed by atoms with E-state index in [1.807, 2.05) is 6.92 Å². The van der Waals surface area contributed by atoms with Crippen LogP contribution in [0, 0.1) is 5.92 Å². The molecule has 1 aliphatic heterocycles. The maximum absolute atomic E-state index is 13.9. The topological polar surface area (TPSA) is 77.1 Å². The van der Waals surface area contributed by atoms with Crippen LogP contribution in [-0.4, -0.2) is 36.2 Å². The van der Waals surface area contributed by atoms with Crippen molar-refractivity contribution in [3.05, 3.63) is 70.9 Å². The largest absolute Gasteiger partial charge is 0.392 e. The Bertz CT molecular complexity index is 1480. The van der Waals surface area contributed by atoms with Crippen molar-refractivity contribution in [2.75, 3.05) is 0 Å². The predicted octanol–water partition coefficient (Wildman–Crippen LogP) is 5.32. The van der Waals surface area contributed by atoms with Gasteiger partial charge in [0, 0.05) is 43.8 Å². The monoisotopic (exact) mass is 532 g/mol. The van der Waals surface area contributed by atoms with Crippen molar-refractivity contribution < 1.29 is 26.7 Å². The molecule has 0 aliphatic carbocycles. The van der Waals surface area contributed by atoms with Gasteiger partial charge in [0.2, 0.25) is 0 Å². The summed E-state index contributed by atoms with van der Waals surface area (Å²) in [5.74, 6) is -4.26. The molecule has 0 saturated heterocycles. The standard InChI is InChI=1S/C26H25F5N6O/c1-3-19-22(36-14-18(25(2,27)28)8-9-20(36)33-19)24(38)32-13-15-4-6-16(7-5-15)23-34-21-12-17(26(29,30)31)10-11-37(21)35-23/h4-9,14,17H,3,10-13H2,1-2H3,(H,32,38)/t17-/m1/s1. The lowest BCUT2D eigenvalue weighted by Gasteiger charge is -2.24. The summed E-state index contributed by atoms with van der Waals surface area (Å²) in [5.41, 5.74) is 2.29. The van der Waals surface area contributed by atoms with E-state index in [0.29, 0.717) is 35.0 Å². The number of rotatable bonds is 6. The van der Waals surface area contributed by atoms with Crippen molar-refractivity contribution in [1.29, 1.82) is 0 Å². The molecule has 5 rings (SSSR count). The number of hydrogen-bond donors (Lipinski definition) is 1. The molecule has 1 aromatic carbocycles. The molecule has 38 heavy (non-hydrogen) atoms. The summed E-state index contributed by atoms with van der Waals surface area (Å²) < 4.78 is 69.9. The fourth-order valence-corrected chi connectivity index (χ4v) is 4.58. The number of hydrogen-bond acceptors (Lipinski definition) is 4. The molecule has 0 spiro atoms. The van der Waals surface area contributed by atoms with Crippen molar-refractivity contribution in [1.82, 2.24) is 29.5 Å². The van der Waals surface area contributed by atoms with E-state index in [0.717, 1.165) is 12.5 Å². The first kappa shape index (κ1) is 25.8. The van der Waals surface area contributed by atoms with Gasteiger partial charge in [-0.25, -0.2) is 23.4 Å². The maximum Gasteiger partial charge on any atom is 0.392 e. The fourth-order valence-electron chi connectivity index (χ4n) is 4.58. The van der Waals surface area contributed by atoms with Crippen LogP contribution in [0.4, 0.5) is 22.0 Å². The van der Waals surface area contributed by atoms with Crippen molar-refractivity contribution in [3.8, 4) is 11.4 Å². The molecule has 0 unspecified atom stereocenters. The smallest absolute Gasteiger partial charge is 0.347 e. The van der Waals surface area contributed by atoms with E-state index >= 15 is 0 Å². The fraction of sp³-hybridized carbons (Fsp3) is 0.385. The maximum atomic E-state index is 13.9. The molecule has 4 heterocycles. The number of aromatic nitrogens is 5. The van der Waals surface area contributed by atoms with Gasteiger partial charge in [0.05, 0.1) is 11.6 Å². The van der Waals surface area contributed by atoms with Crippen molar-refractivity contribution in [2.45, 2.75) is 58.3 Å². The zero-order valence-corrected chi connectivity index (χ0v) is 20.7. The molecule has 200 valence electrons. The minimum absolute atomic E-state index is 0.0215. The molecule has 0 fully saturated rings. The van der Waals surface area contributed by atoms with Gasteiger partial charge < -0.3 is 5.32 Å². The minimum Gasteiger partial charge on any atom is -0.347 e. The molecule has 1 N–H and O–H groups in total. The van der Waals surface area contributed by atoms with Crippen LogP contribution in [0.25, 0.3) is 17.0 Å². The molecular formula is C26H25F5N6O. The SMILES string of the molecule is CCc1nc2ccc(C(C)(F)F)cn2c1C(=O)NCc1ccc(-c2nc3n(n2)CC[C@@H](C(F)(F)F)C3)cc1. The van der Waals surface area contributed by atoms with Gasteiger partial charge in [-0.1, -0.05) is 31.2 Å². The Morgan fingerprint density at radius 2 is 1.82 bits per heavy atom. The molecule has 1 aliphatic rings. The summed E-state index contributed by atoms with van der Waals surface area (Å²) in [6.45, 7) is 2.96. The molecule has 7 nitrogen and oxygen atoms in total. The van der Waals surface area contributed by atoms with Gasteiger partial charge in [0.15, 0.2) is 5.82 Å². The molecule has 12 heteroatoms. The first-order chi connectivity index (χ1) is 17.9. The molecule has 4 aromatic rings. The van der Waals surface area contributed by atoms with E-state index in [9.17, 15) is 26.7 Å². The lowest BCUT2D eigenvalue weighted by atomic mass is 9.98. The Morgan fingerprint density at radius 3 is 2.47 bits per heavy atom. The van der Waals surface area contributed by atoms with Crippen molar-refractivity contribution in [3.63, 3.8) is 0 Å². The second-order valence-corrected chi connectivity index (χ2v) is 9.48. The number of aryl methyl sites for hydroxylation is 2. The molecule has 0 radical (unpaired) electrons. The van der Waals surface area contributed by atoms with Gasteiger partial charge in [-0.3, -0.25) is 9.20 Å². The second kappa shape index (κ2) is 9.48. The third-order valence-corrected chi connectivity index (χ3v) is 6.74. The Balaban J connectivity index is 1.30. The van der Waals surface area contributed by atoms with Crippen molar-refractivity contribution in [2.24, 2.45) is 5.92 Å². The van der Waals surface area contributed by atoms with Gasteiger partial charge >= 0.3 is 6.18 Å². The van der Waals surface area contributed by atoms with E-state index < -0.39 is 23.9 Å². The molecule has 1 atom stereocenters. The van der Waals surface area contributed by atoms with Crippen LogP contribution in [0.5, 0.6) is 0 Å². The van der Waals surface area contributed by atoms with Crippen LogP contribution in [0.15, 0.2) is 42.6 Å². The van der Waals surface area contributed by atoms with Crippen LogP contribution in [0.3, 0.4) is 0 Å². The number of carbonyl (C=O) groups excluding carboxylic acids is 1. The zero-order chi connectivity index (χ0) is 27.2. The van der Waals surface area contributed by atoms with Crippen LogP contribution in [0.1, 0.15) is 53.4 Å². The Labute approximate surface area is 214 Å². The van der Waals surface area contributed by atoms with E-state index in [4.69, 9.17) is 0 Å². The second-order valence-electron chi connectivity index (χ2n) is 9.48. The van der Waals surface area contributed by atoms with Crippen LogP contribution < -0.4 is 5.32 Å². The average molecular weight is 533 g/mol. The highest BCUT2D eigenvalue weighted by atomic mass is 19.4. The number of amides is 1. The van der Waals surface area contributed by atoms with E-state index in [2.05, 4.69) is 20.4 Å². The number of fused-ring (bicyclic) bond motifs is 2. The minimum atomic E-state index is -4.26. The quantitative estimate of drug-likeness (QED) is 0.341. The summed E-state index contributed by atoms with van der Waals surface area (Å²) >= 11 is 0. The highest BCUT2D eigenvalue weighted by Crippen LogP contribution is 2.35. The number of imidazole rings is 1. The van der Waals surface area contributed by atoms with Crippen molar-refractivity contribution >= 4 is 11.6 Å². The predicted molar refractivity (Wildman–Crippen MR) is 129 cm³/mol. The first-order valence-corrected chi connectivity index (χ1v) is 12.2. The van der Waals surface area contributed by atoms with Crippen LogP contribution in [-0.2, 0) is 31.9 Å². The van der Waals surface area contributed by atoms with Gasteiger partial charge in [-0.05, 0) is 30.5 Å². The Morgan fingerprint density at radius 1 is 1.08 bits per heavy atom. The molecule has 0 bridgehead atoms. The lowest BCUT2D eigenvalue weighted by molar-refractivity contribution is -0.179. The number of pyridine rings is 1. The third-order valence-electron chi connectivity index (χ3n) is 6.74. The van der Waals surface area contributed by atoms with Crippen LogP contribution in [0.2, 0.25) is 0 Å². The molecule has 3 aromatic heterocycles. The lowest BCUT2D eigenvalue weighted by Crippen LogP contribution is -2.31. The summed E-state index contributed by atoms with van der Waals surface area (Å²) in [4.78, 5) is 21.8. The average Bonchev–Trinajstić information content (AvgIpc) is 3.47. The van der Waals surface area contributed by atoms with Crippen LogP contribution >= 0.6 is 0 Å². The number of alkyl halides is 5. The van der Waals surface area contributed by atoms with E-state index in [-0.39, 0.29) is 37.2 Å². The van der Waals surface area contributed by atoms with E-state index in [1.165, 1.54) is 27.4 Å². The van der Waals surface area contributed by atoms with Gasteiger partial charge in [0.1, 0.15) is 17.2 Å². The summed E-state index contributed by atoms with van der Waals surface area (Å²) in [5, 5.41) is 7.17. The third kappa shape index (κ3) is 4.99. The number of carbonyl (C=O) groups is 1. The number of benzene rings is 1. The zero-order valence-electron chi connectivity index (χ0n) is 20.7. The normalized spacial score (nSPS) is 16.0. The first-order valence-electron chi connectivity index (χ1n) is 12.2. The summed E-state index contributed by atoms with van der Waals surface area (Å²) in [7, 11) is 0. The molecular weight excluding hydrogens is 507 g/mol. The summed E-state index contributed by atoms with van der Waals surface area (Å²) in [6.07, 6.45) is -2.79. The molecule has 1 amide bonds. The summed E-state index contributed by atoms with van der Waals surface area (Å²) in [6, 6.07) is 9.77. The van der Waals surface area contributed by atoms with Gasteiger partial charge in [0.25, 0.3) is 11.8 Å². The Hall–Kier alpha value is -3.83. The number of halogens is 5. The molecule has 0 saturated carbocycles. The van der Waals surface area contributed by atoms with Gasteiger partial charge in [-0.2, -0.15) is 18.3 Å². The Kier molecular flexibility index (Phi) is 6.44. The highest BCUT2D eigenvalue weighted by molar-refractivity contribution is 5.94. The van der Waals surface area contributed by atoms with Gasteiger partial charge in [-0.15, -0.1) is 0 Å². The number of nitrogens with one attached hydrogen (secondary N) is 1. The highest BCUT2D eigenvalue weighted by Gasteiger charge is 2.42. The van der Waals surface area contributed by atoms with E-state index in [1.54, 1.807) is 24.3 Å².